The molecule has 13 nitrogen and oxygen atoms in total. The summed E-state index contributed by atoms with van der Waals surface area (Å²) in [6.45, 7) is 2.20. The van der Waals surface area contributed by atoms with Gasteiger partial charge in [-0.25, -0.2) is 14.5 Å². The predicted molar refractivity (Wildman–Crippen MR) is 110 cm³/mol. The fourth-order valence-corrected chi connectivity index (χ4v) is 3.17. The van der Waals surface area contributed by atoms with E-state index in [0.29, 0.717) is 11.0 Å². The number of carboxylic acids is 1. The Bertz CT molecular complexity index is 1190. The number of carbonyl (C=O) groups is 1. The smallest absolute Gasteiger partial charge is 0.329 e. The van der Waals surface area contributed by atoms with Crippen LogP contribution in [0.25, 0.3) is 22.6 Å². The summed E-state index contributed by atoms with van der Waals surface area (Å²) in [7, 11) is 1.55. The first-order chi connectivity index (χ1) is 15.1. The molecule has 32 heavy (non-hydrogen) atoms. The number of hydrogen-bond acceptors (Lipinski definition) is 10. The summed E-state index contributed by atoms with van der Waals surface area (Å²) in [5.74, 6) is -1.11. The maximum atomic E-state index is 13.3. The molecule has 0 aliphatic heterocycles. The van der Waals surface area contributed by atoms with Crippen molar-refractivity contribution in [3.63, 3.8) is 0 Å². The molecule has 0 saturated carbocycles. The predicted octanol–water partition coefficient (Wildman–Crippen LogP) is -1.61. The number of aliphatic hydroxyl groups excluding tert-OH is 3. The summed E-state index contributed by atoms with van der Waals surface area (Å²) >= 11 is 0. The van der Waals surface area contributed by atoms with Gasteiger partial charge < -0.3 is 29.7 Å². The van der Waals surface area contributed by atoms with E-state index in [4.69, 9.17) is 9.84 Å². The lowest BCUT2D eigenvalue weighted by atomic mass is 10.1. The molecule has 2 aromatic heterocycles. The third-order valence-corrected chi connectivity index (χ3v) is 5.07. The van der Waals surface area contributed by atoms with E-state index in [-0.39, 0.29) is 18.1 Å². The first-order valence-electron chi connectivity index (χ1n) is 9.68. The first kappa shape index (κ1) is 23.4. The molecule has 3 rings (SSSR count). The molecule has 172 valence electrons. The third kappa shape index (κ3) is 4.80. The van der Waals surface area contributed by atoms with Gasteiger partial charge in [0, 0.05) is 7.05 Å². The van der Waals surface area contributed by atoms with Crippen LogP contribution >= 0.6 is 0 Å². The molecule has 0 aliphatic rings. The molecular formula is C19H24N6O7. The summed E-state index contributed by atoms with van der Waals surface area (Å²) < 4.78 is 7.28. The lowest BCUT2D eigenvalue weighted by Crippen LogP contribution is -2.44. The maximum absolute atomic E-state index is 13.3. The topological polar surface area (TPSA) is 186 Å². The van der Waals surface area contributed by atoms with Crippen LogP contribution < -0.4 is 5.56 Å². The zero-order valence-corrected chi connectivity index (χ0v) is 17.7. The van der Waals surface area contributed by atoms with Crippen molar-refractivity contribution in [3.8, 4) is 11.5 Å². The van der Waals surface area contributed by atoms with Gasteiger partial charge in [-0.2, -0.15) is 0 Å². The zero-order chi connectivity index (χ0) is 23.6. The quantitative estimate of drug-likeness (QED) is 0.295. The maximum Gasteiger partial charge on any atom is 0.329 e. The van der Waals surface area contributed by atoms with Gasteiger partial charge in [-0.15, -0.1) is 5.10 Å². The summed E-state index contributed by atoms with van der Waals surface area (Å²) in [5, 5.41) is 50.5. The Hall–Kier alpha value is -3.26. The van der Waals surface area contributed by atoms with Crippen LogP contribution in [0.4, 0.5) is 0 Å². The lowest BCUT2D eigenvalue weighted by molar-refractivity contribution is -0.145. The van der Waals surface area contributed by atoms with Crippen molar-refractivity contribution in [1.29, 1.82) is 0 Å². The van der Waals surface area contributed by atoms with Crippen LogP contribution in [0, 0.1) is 13.8 Å². The molecule has 3 aromatic rings. The average Bonchev–Trinajstić information content (AvgIpc) is 3.16. The third-order valence-electron chi connectivity index (χ3n) is 5.07. The summed E-state index contributed by atoms with van der Waals surface area (Å²) in [4.78, 5) is 28.2. The largest absolute Gasteiger partial charge is 0.480 e. The molecule has 3 atom stereocenters. The Morgan fingerprint density at radius 2 is 1.84 bits per heavy atom. The molecule has 13 heteroatoms. The van der Waals surface area contributed by atoms with Crippen LogP contribution in [0.1, 0.15) is 11.1 Å². The standard InChI is InChI=1S/C19H24N6O7/c1-9-4-11-12(5-10(9)2)25(19(31)16(20-11)18-21-22-23-24(18)3)6-13(26)17(30)14(27)7-32-8-15(28)29/h4-5,13-14,17,26-27,30H,6-8H2,1-3H3,(H,28,29)/t13-,14+,17-/m0/s1. The van der Waals surface area contributed by atoms with Crippen molar-refractivity contribution in [2.45, 2.75) is 38.7 Å². The molecule has 0 radical (unpaired) electrons. The van der Waals surface area contributed by atoms with Gasteiger partial charge in [0.05, 0.1) is 24.2 Å². The van der Waals surface area contributed by atoms with Crippen LogP contribution in [0.15, 0.2) is 16.9 Å². The van der Waals surface area contributed by atoms with Crippen LogP contribution in [0.2, 0.25) is 0 Å². The number of aryl methyl sites for hydroxylation is 3. The Labute approximate surface area is 181 Å². The van der Waals surface area contributed by atoms with Gasteiger partial charge in [-0.3, -0.25) is 4.79 Å². The minimum atomic E-state index is -1.70. The SMILES string of the molecule is Cc1cc2nc(-c3nnnn3C)c(=O)n(C[C@H](O)[C@H](O)[C@H](O)COCC(=O)O)c2cc1C. The van der Waals surface area contributed by atoms with Crippen molar-refractivity contribution in [2.75, 3.05) is 13.2 Å². The highest BCUT2D eigenvalue weighted by atomic mass is 16.5. The minimum absolute atomic E-state index is 0.0414. The fraction of sp³-hybridized carbons (Fsp3) is 0.474. The van der Waals surface area contributed by atoms with Crippen molar-refractivity contribution in [3.05, 3.63) is 33.6 Å². The van der Waals surface area contributed by atoms with Gasteiger partial charge in [0.25, 0.3) is 5.56 Å². The summed E-state index contributed by atoms with van der Waals surface area (Å²) in [5.41, 5.74) is 2.06. The number of tetrazole rings is 1. The molecule has 1 aromatic carbocycles. The number of aromatic nitrogens is 6. The Morgan fingerprint density at radius 1 is 1.16 bits per heavy atom. The zero-order valence-electron chi connectivity index (χ0n) is 17.7. The monoisotopic (exact) mass is 448 g/mol. The summed E-state index contributed by atoms with van der Waals surface area (Å²) in [6, 6.07) is 3.52. The highest BCUT2D eigenvalue weighted by Gasteiger charge is 2.27. The molecule has 0 amide bonds. The van der Waals surface area contributed by atoms with Gasteiger partial charge in [-0.1, -0.05) is 0 Å². The van der Waals surface area contributed by atoms with E-state index in [1.165, 1.54) is 9.25 Å². The molecule has 0 fully saturated rings. The highest BCUT2D eigenvalue weighted by molar-refractivity contribution is 5.79. The van der Waals surface area contributed by atoms with Gasteiger partial charge in [0.15, 0.2) is 5.69 Å². The number of hydrogen-bond donors (Lipinski definition) is 4. The molecule has 0 unspecified atom stereocenters. The minimum Gasteiger partial charge on any atom is -0.480 e. The number of fused-ring (bicyclic) bond motifs is 1. The Kier molecular flexibility index (Phi) is 6.93. The molecule has 0 aliphatic carbocycles. The van der Waals surface area contributed by atoms with Gasteiger partial charge in [-0.05, 0) is 47.5 Å². The van der Waals surface area contributed by atoms with Crippen molar-refractivity contribution in [1.82, 2.24) is 29.8 Å². The Morgan fingerprint density at radius 3 is 2.47 bits per heavy atom. The highest BCUT2D eigenvalue weighted by Crippen LogP contribution is 2.20. The van der Waals surface area contributed by atoms with Crippen LogP contribution in [-0.2, 0) is 23.1 Å². The van der Waals surface area contributed by atoms with Crippen LogP contribution in [-0.4, -0.2) is 87.7 Å². The second-order valence-electron chi connectivity index (χ2n) is 7.46. The summed E-state index contributed by atoms with van der Waals surface area (Å²) in [6.07, 6.45) is -4.85. The van der Waals surface area contributed by atoms with Crippen molar-refractivity contribution in [2.24, 2.45) is 7.05 Å². The lowest BCUT2D eigenvalue weighted by Gasteiger charge is -2.24. The Balaban J connectivity index is 2.00. The van der Waals surface area contributed by atoms with E-state index in [2.05, 4.69) is 20.5 Å². The second kappa shape index (κ2) is 9.48. The van der Waals surface area contributed by atoms with Crippen LogP contribution in [0.3, 0.4) is 0 Å². The molecular weight excluding hydrogens is 424 g/mol. The number of nitrogens with zero attached hydrogens (tertiary/aromatic N) is 6. The number of benzene rings is 1. The molecule has 2 heterocycles. The van der Waals surface area contributed by atoms with E-state index in [1.54, 1.807) is 19.2 Å². The number of carboxylic acid groups (broad SMARTS) is 1. The molecule has 4 N–H and O–H groups in total. The second-order valence-corrected chi connectivity index (χ2v) is 7.46. The van der Waals surface area contributed by atoms with Crippen LogP contribution in [0.5, 0.6) is 0 Å². The molecule has 0 saturated heterocycles. The van der Waals surface area contributed by atoms with Gasteiger partial charge in [0.2, 0.25) is 5.82 Å². The fourth-order valence-electron chi connectivity index (χ4n) is 3.17. The van der Waals surface area contributed by atoms with E-state index in [1.807, 2.05) is 13.8 Å². The first-order valence-corrected chi connectivity index (χ1v) is 9.68. The molecule has 0 bridgehead atoms. The van der Waals surface area contributed by atoms with E-state index in [9.17, 15) is 24.9 Å². The van der Waals surface area contributed by atoms with Gasteiger partial charge in [0.1, 0.15) is 24.9 Å². The van der Waals surface area contributed by atoms with E-state index in [0.717, 1.165) is 11.1 Å². The average molecular weight is 448 g/mol. The number of rotatable bonds is 9. The number of ether oxygens (including phenoxy) is 1. The normalized spacial score (nSPS) is 14.4. The number of aliphatic carboxylic acids is 1. The number of aliphatic hydroxyl groups is 3. The van der Waals surface area contributed by atoms with E-state index < -0.39 is 43.1 Å². The molecule has 0 spiro atoms. The van der Waals surface area contributed by atoms with E-state index >= 15 is 0 Å². The van der Waals surface area contributed by atoms with Gasteiger partial charge >= 0.3 is 5.97 Å². The van der Waals surface area contributed by atoms with Crippen molar-refractivity contribution >= 4 is 17.0 Å². The van der Waals surface area contributed by atoms with Crippen molar-refractivity contribution < 1.29 is 30.0 Å².